The molecule has 9 heteroatoms. The summed E-state index contributed by atoms with van der Waals surface area (Å²) in [5, 5.41) is 5.03. The minimum atomic E-state index is 0. The van der Waals surface area contributed by atoms with Crippen LogP contribution in [0.4, 0.5) is 5.82 Å². The molecule has 8 nitrogen and oxygen atoms in total. The highest BCUT2D eigenvalue weighted by Gasteiger charge is 2.28. The monoisotopic (exact) mass is 522 g/mol. The zero-order valence-electron chi connectivity index (χ0n) is 21.5. The molecule has 2 aliphatic heterocycles. The molecule has 0 spiro atoms. The molecular formula is C28H31ClN4O4. The molecule has 0 saturated heterocycles. The molecule has 0 saturated carbocycles. The Morgan fingerprint density at radius 3 is 2.68 bits per heavy atom. The fourth-order valence-electron chi connectivity index (χ4n) is 5.21. The van der Waals surface area contributed by atoms with Crippen molar-refractivity contribution in [2.75, 3.05) is 25.3 Å². The number of hydrogen-bond acceptors (Lipinski definition) is 7. The van der Waals surface area contributed by atoms with E-state index in [0.29, 0.717) is 19.8 Å². The van der Waals surface area contributed by atoms with Crippen molar-refractivity contribution >= 4 is 23.9 Å². The zero-order valence-corrected chi connectivity index (χ0v) is 22.4. The van der Waals surface area contributed by atoms with Gasteiger partial charge in [-0.3, -0.25) is 0 Å². The topological polar surface area (TPSA) is 70.4 Å². The predicted octanol–water partition coefficient (Wildman–Crippen LogP) is 5.62. The van der Waals surface area contributed by atoms with Crippen LogP contribution in [-0.2, 0) is 24.5 Å². The summed E-state index contributed by atoms with van der Waals surface area (Å²) in [6, 6.07) is 12.3. The SMILES string of the molecule is CCCN(Cc1ccc2c(c1)OCO2)c1c2c(nc3c(-c4ccc(OC)cc4C)c(C)nn13)COC2.Cl. The van der Waals surface area contributed by atoms with E-state index in [1.165, 1.54) is 0 Å². The lowest BCUT2D eigenvalue weighted by Gasteiger charge is -2.27. The number of aromatic nitrogens is 3. The van der Waals surface area contributed by atoms with E-state index in [1.54, 1.807) is 7.11 Å². The van der Waals surface area contributed by atoms with E-state index in [1.807, 2.05) is 16.6 Å². The minimum absolute atomic E-state index is 0. The highest BCUT2D eigenvalue weighted by Crippen LogP contribution is 2.38. The lowest BCUT2D eigenvalue weighted by Crippen LogP contribution is -2.27. The van der Waals surface area contributed by atoms with Crippen molar-refractivity contribution in [2.24, 2.45) is 0 Å². The van der Waals surface area contributed by atoms with Gasteiger partial charge in [0.1, 0.15) is 11.6 Å². The summed E-state index contributed by atoms with van der Waals surface area (Å²) >= 11 is 0. The molecule has 0 fully saturated rings. The Kier molecular flexibility index (Phi) is 6.88. The van der Waals surface area contributed by atoms with E-state index in [0.717, 1.165) is 80.9 Å². The molecule has 0 amide bonds. The lowest BCUT2D eigenvalue weighted by atomic mass is 10.0. The molecule has 4 aromatic rings. The van der Waals surface area contributed by atoms with Crippen molar-refractivity contribution in [1.82, 2.24) is 14.6 Å². The first-order valence-electron chi connectivity index (χ1n) is 12.3. The van der Waals surface area contributed by atoms with Crippen LogP contribution < -0.4 is 19.1 Å². The number of hydrogen-bond donors (Lipinski definition) is 0. The number of halogens is 1. The van der Waals surface area contributed by atoms with Gasteiger partial charge in [0.25, 0.3) is 0 Å². The number of benzene rings is 2. The molecule has 0 radical (unpaired) electrons. The highest BCUT2D eigenvalue weighted by molar-refractivity contribution is 5.85. The molecule has 2 aliphatic rings. The van der Waals surface area contributed by atoms with Gasteiger partial charge in [0.05, 0.1) is 31.7 Å². The zero-order chi connectivity index (χ0) is 24.8. The Morgan fingerprint density at radius 1 is 1.05 bits per heavy atom. The van der Waals surface area contributed by atoms with Crippen molar-refractivity contribution in [3.8, 4) is 28.4 Å². The average molecular weight is 523 g/mol. The molecule has 0 atom stereocenters. The summed E-state index contributed by atoms with van der Waals surface area (Å²) in [7, 11) is 1.69. The summed E-state index contributed by atoms with van der Waals surface area (Å²) in [5.41, 5.74) is 8.32. The molecule has 2 aromatic carbocycles. The molecule has 0 unspecified atom stereocenters. The van der Waals surface area contributed by atoms with Crippen molar-refractivity contribution in [1.29, 1.82) is 0 Å². The van der Waals surface area contributed by atoms with Gasteiger partial charge < -0.3 is 23.8 Å². The first-order valence-corrected chi connectivity index (χ1v) is 12.3. The third kappa shape index (κ3) is 4.34. The number of nitrogens with zero attached hydrogens (tertiary/aromatic N) is 4. The van der Waals surface area contributed by atoms with Gasteiger partial charge in [-0.2, -0.15) is 9.61 Å². The van der Waals surface area contributed by atoms with E-state index in [2.05, 4.69) is 49.9 Å². The molecule has 6 rings (SSSR count). The fourth-order valence-corrected chi connectivity index (χ4v) is 5.21. The molecule has 4 heterocycles. The van der Waals surface area contributed by atoms with Crippen LogP contribution in [0, 0.1) is 13.8 Å². The lowest BCUT2D eigenvalue weighted by molar-refractivity contribution is 0.133. The van der Waals surface area contributed by atoms with Gasteiger partial charge in [0.15, 0.2) is 17.1 Å². The maximum absolute atomic E-state index is 5.88. The van der Waals surface area contributed by atoms with Crippen LogP contribution in [0.1, 0.15) is 41.4 Å². The molecule has 0 aliphatic carbocycles. The Morgan fingerprint density at radius 2 is 1.89 bits per heavy atom. The van der Waals surface area contributed by atoms with Crippen molar-refractivity contribution < 1.29 is 18.9 Å². The number of ether oxygens (including phenoxy) is 4. The first kappa shape index (κ1) is 25.2. The number of anilines is 1. The van der Waals surface area contributed by atoms with E-state index in [-0.39, 0.29) is 19.2 Å². The van der Waals surface area contributed by atoms with E-state index in [4.69, 9.17) is 29.0 Å². The maximum atomic E-state index is 5.88. The number of methoxy groups -OCH3 is 1. The Bertz CT molecular complexity index is 1470. The molecule has 194 valence electrons. The summed E-state index contributed by atoms with van der Waals surface area (Å²) in [6.45, 7) is 9.25. The van der Waals surface area contributed by atoms with Gasteiger partial charge in [-0.15, -0.1) is 12.4 Å². The third-order valence-corrected chi connectivity index (χ3v) is 6.89. The molecule has 0 bridgehead atoms. The number of fused-ring (bicyclic) bond motifs is 3. The Balaban J connectivity index is 0.00000280. The normalized spacial score (nSPS) is 13.5. The Labute approximate surface area is 222 Å². The summed E-state index contributed by atoms with van der Waals surface area (Å²) in [6.07, 6.45) is 0.995. The quantitative estimate of drug-likeness (QED) is 0.312. The molecular weight excluding hydrogens is 492 g/mol. The maximum Gasteiger partial charge on any atom is 0.231 e. The highest BCUT2D eigenvalue weighted by atomic mass is 35.5. The second-order valence-corrected chi connectivity index (χ2v) is 9.34. The van der Waals surface area contributed by atoms with Crippen LogP contribution in [0.15, 0.2) is 36.4 Å². The van der Waals surface area contributed by atoms with Gasteiger partial charge in [-0.25, -0.2) is 4.98 Å². The van der Waals surface area contributed by atoms with Gasteiger partial charge in [-0.05, 0) is 61.2 Å². The molecule has 0 N–H and O–H groups in total. The van der Waals surface area contributed by atoms with E-state index in [9.17, 15) is 0 Å². The summed E-state index contributed by atoms with van der Waals surface area (Å²) in [4.78, 5) is 7.46. The summed E-state index contributed by atoms with van der Waals surface area (Å²) < 4.78 is 24.5. The van der Waals surface area contributed by atoms with Crippen molar-refractivity contribution in [3.05, 3.63) is 64.5 Å². The smallest absolute Gasteiger partial charge is 0.231 e. The number of rotatable bonds is 7. The Hall–Kier alpha value is -3.49. The second kappa shape index (κ2) is 10.1. The van der Waals surface area contributed by atoms with Gasteiger partial charge in [-0.1, -0.05) is 19.1 Å². The van der Waals surface area contributed by atoms with Crippen LogP contribution in [-0.4, -0.2) is 35.0 Å². The van der Waals surface area contributed by atoms with Gasteiger partial charge in [0.2, 0.25) is 6.79 Å². The van der Waals surface area contributed by atoms with Gasteiger partial charge in [0, 0.05) is 24.2 Å². The van der Waals surface area contributed by atoms with E-state index < -0.39 is 0 Å². The van der Waals surface area contributed by atoms with Crippen LogP contribution in [0.2, 0.25) is 0 Å². The van der Waals surface area contributed by atoms with E-state index >= 15 is 0 Å². The standard InChI is InChI=1S/C28H30N4O4.ClH/c1-5-10-31(13-19-6-9-24-25(12-19)36-16-35-24)28-22-14-34-15-23(22)29-27-26(18(3)30-32(27)28)21-8-7-20(33-4)11-17(21)2;/h6-9,11-12H,5,10,13-16H2,1-4H3;1H. The van der Waals surface area contributed by atoms with Crippen LogP contribution >= 0.6 is 12.4 Å². The number of aryl methyl sites for hydroxylation is 2. The minimum Gasteiger partial charge on any atom is -0.497 e. The third-order valence-electron chi connectivity index (χ3n) is 6.89. The largest absolute Gasteiger partial charge is 0.497 e. The van der Waals surface area contributed by atoms with Crippen molar-refractivity contribution in [2.45, 2.75) is 47.0 Å². The predicted molar refractivity (Wildman–Crippen MR) is 144 cm³/mol. The van der Waals surface area contributed by atoms with Crippen LogP contribution in [0.3, 0.4) is 0 Å². The second-order valence-electron chi connectivity index (χ2n) is 9.34. The fraction of sp³-hybridized carbons (Fsp3) is 0.357. The van der Waals surface area contributed by atoms with Gasteiger partial charge >= 0.3 is 0 Å². The van der Waals surface area contributed by atoms with Crippen molar-refractivity contribution in [3.63, 3.8) is 0 Å². The van der Waals surface area contributed by atoms with Crippen LogP contribution in [0.5, 0.6) is 17.2 Å². The first-order chi connectivity index (χ1) is 17.6. The summed E-state index contributed by atoms with van der Waals surface area (Å²) in [5.74, 6) is 3.48. The molecule has 2 aromatic heterocycles. The van der Waals surface area contributed by atoms with Crippen LogP contribution in [0.25, 0.3) is 16.8 Å². The average Bonchev–Trinajstić information content (AvgIpc) is 3.60. The molecule has 37 heavy (non-hydrogen) atoms.